The van der Waals surface area contributed by atoms with E-state index in [-0.39, 0.29) is 12.0 Å². The van der Waals surface area contributed by atoms with Gasteiger partial charge in [-0.05, 0) is 43.8 Å². The van der Waals surface area contributed by atoms with E-state index in [4.69, 9.17) is 5.73 Å². The Bertz CT molecular complexity index is 541. The molecular weight excluding hydrogens is 338 g/mol. The first-order valence-corrected chi connectivity index (χ1v) is 7.61. The van der Waals surface area contributed by atoms with Crippen molar-refractivity contribution in [3.05, 3.63) is 23.3 Å². The molecule has 0 spiro atoms. The van der Waals surface area contributed by atoms with Crippen LogP contribution >= 0.6 is 0 Å². The second-order valence-electron chi connectivity index (χ2n) is 6.02. The molecule has 2 N–H and O–H groups in total. The minimum absolute atomic E-state index is 0.0914. The second kappa shape index (κ2) is 6.42. The summed E-state index contributed by atoms with van der Waals surface area (Å²) in [5, 5.41) is 0. The molecule has 0 aromatic carbocycles. The standard InChI is InChI=1S/C15H18F6N2O/c16-14(17,18)13(22,15(19,20)21)11-6-4-5-10(9-11)12(24)23-7-2-1-3-8-23/h5,9H,1-4,6-8,22H2. The summed E-state index contributed by atoms with van der Waals surface area (Å²) in [5.74, 6) is -0.543. The number of amides is 1. The number of halogens is 6. The molecule has 0 atom stereocenters. The van der Waals surface area contributed by atoms with Gasteiger partial charge in [0.1, 0.15) is 0 Å². The van der Waals surface area contributed by atoms with Gasteiger partial charge in [0.05, 0.1) is 0 Å². The van der Waals surface area contributed by atoms with Crippen molar-refractivity contribution in [3.8, 4) is 0 Å². The van der Waals surface area contributed by atoms with Crippen molar-refractivity contribution >= 4 is 5.91 Å². The van der Waals surface area contributed by atoms with Crippen molar-refractivity contribution in [3.63, 3.8) is 0 Å². The van der Waals surface area contributed by atoms with E-state index < -0.39 is 35.8 Å². The van der Waals surface area contributed by atoms with Crippen LogP contribution < -0.4 is 5.73 Å². The van der Waals surface area contributed by atoms with Gasteiger partial charge in [-0.2, -0.15) is 26.3 Å². The normalized spacial score (nSPS) is 20.5. The predicted octanol–water partition coefficient (Wildman–Crippen LogP) is 3.47. The smallest absolute Gasteiger partial charge is 0.339 e. The lowest BCUT2D eigenvalue weighted by atomic mass is 9.82. The minimum Gasteiger partial charge on any atom is -0.339 e. The molecule has 1 amide bonds. The maximum absolute atomic E-state index is 13.1. The Morgan fingerprint density at radius 2 is 1.54 bits per heavy atom. The number of hydrogen-bond acceptors (Lipinski definition) is 2. The van der Waals surface area contributed by atoms with Crippen LogP contribution in [0.2, 0.25) is 0 Å². The SMILES string of the molecule is NC(C1=CC(C(=O)N2CCCCC2)=CCC1)(C(F)(F)F)C(F)(F)F. The first-order valence-electron chi connectivity index (χ1n) is 7.61. The summed E-state index contributed by atoms with van der Waals surface area (Å²) in [5.41, 5.74) is -0.820. The van der Waals surface area contributed by atoms with E-state index in [1.54, 1.807) is 0 Å². The van der Waals surface area contributed by atoms with Crippen LogP contribution in [0.1, 0.15) is 32.1 Å². The van der Waals surface area contributed by atoms with E-state index >= 15 is 0 Å². The van der Waals surface area contributed by atoms with Gasteiger partial charge in [-0.15, -0.1) is 0 Å². The quantitative estimate of drug-likeness (QED) is 0.770. The first kappa shape index (κ1) is 18.8. The van der Waals surface area contributed by atoms with Crippen molar-refractivity contribution in [2.75, 3.05) is 13.1 Å². The molecule has 24 heavy (non-hydrogen) atoms. The Hall–Kier alpha value is -1.51. The molecule has 0 aromatic rings. The van der Waals surface area contributed by atoms with Crippen LogP contribution in [0.4, 0.5) is 26.3 Å². The average molecular weight is 356 g/mol. The van der Waals surface area contributed by atoms with Gasteiger partial charge in [-0.3, -0.25) is 4.79 Å². The lowest BCUT2D eigenvalue weighted by Gasteiger charge is -2.37. The van der Waals surface area contributed by atoms with Crippen molar-refractivity contribution in [1.82, 2.24) is 4.90 Å². The molecule has 1 saturated heterocycles. The average Bonchev–Trinajstić information content (AvgIpc) is 2.52. The lowest BCUT2D eigenvalue weighted by Crippen LogP contribution is -2.65. The third-order valence-electron chi connectivity index (χ3n) is 4.40. The van der Waals surface area contributed by atoms with E-state index in [0.29, 0.717) is 19.2 Å². The summed E-state index contributed by atoms with van der Waals surface area (Å²) in [6.07, 6.45) is -7.48. The number of allylic oxidation sites excluding steroid dienone is 1. The molecule has 0 unspecified atom stereocenters. The van der Waals surface area contributed by atoms with Gasteiger partial charge in [-0.1, -0.05) is 6.08 Å². The maximum atomic E-state index is 13.1. The Morgan fingerprint density at radius 1 is 1.00 bits per heavy atom. The van der Waals surface area contributed by atoms with Crippen molar-refractivity contribution in [1.29, 1.82) is 0 Å². The monoisotopic (exact) mass is 356 g/mol. The molecule has 1 aliphatic carbocycles. The Labute approximate surface area is 135 Å². The zero-order chi connectivity index (χ0) is 18.2. The Morgan fingerprint density at radius 3 is 2.04 bits per heavy atom. The van der Waals surface area contributed by atoms with E-state index in [2.05, 4.69) is 0 Å². The van der Waals surface area contributed by atoms with Gasteiger partial charge in [0, 0.05) is 18.7 Å². The zero-order valence-corrected chi connectivity index (χ0v) is 12.8. The third-order valence-corrected chi connectivity index (χ3v) is 4.40. The summed E-state index contributed by atoms with van der Waals surface area (Å²) < 4.78 is 78.4. The zero-order valence-electron chi connectivity index (χ0n) is 12.8. The fourth-order valence-electron chi connectivity index (χ4n) is 2.97. The fourth-order valence-corrected chi connectivity index (χ4v) is 2.97. The summed E-state index contributed by atoms with van der Waals surface area (Å²) >= 11 is 0. The van der Waals surface area contributed by atoms with Crippen LogP contribution in [0.25, 0.3) is 0 Å². The fraction of sp³-hybridized carbons (Fsp3) is 0.667. The highest BCUT2D eigenvalue weighted by Gasteiger charge is 2.70. The largest absolute Gasteiger partial charge is 0.419 e. The minimum atomic E-state index is -5.70. The van der Waals surface area contributed by atoms with Crippen LogP contribution in [0.3, 0.4) is 0 Å². The summed E-state index contributed by atoms with van der Waals surface area (Å²) in [6.45, 7) is 0.900. The third kappa shape index (κ3) is 3.31. The molecule has 2 rings (SSSR count). The van der Waals surface area contributed by atoms with Crippen molar-refractivity contribution < 1.29 is 31.1 Å². The molecule has 2 aliphatic rings. The van der Waals surface area contributed by atoms with Crippen molar-refractivity contribution in [2.45, 2.75) is 50.0 Å². The van der Waals surface area contributed by atoms with E-state index in [1.807, 2.05) is 0 Å². The number of carbonyl (C=O) groups excluding carboxylic acids is 1. The lowest BCUT2D eigenvalue weighted by molar-refractivity contribution is -0.283. The molecule has 1 heterocycles. The summed E-state index contributed by atoms with van der Waals surface area (Å²) in [7, 11) is 0. The van der Waals surface area contributed by atoms with Gasteiger partial charge in [0.2, 0.25) is 5.54 Å². The molecule has 136 valence electrons. The summed E-state index contributed by atoms with van der Waals surface area (Å²) in [6, 6.07) is 0. The van der Waals surface area contributed by atoms with Gasteiger partial charge >= 0.3 is 12.4 Å². The van der Waals surface area contributed by atoms with Crippen molar-refractivity contribution in [2.24, 2.45) is 5.73 Å². The van der Waals surface area contributed by atoms with E-state index in [1.165, 1.54) is 11.0 Å². The van der Waals surface area contributed by atoms with Crippen LogP contribution in [0.15, 0.2) is 23.3 Å². The highest BCUT2D eigenvalue weighted by atomic mass is 19.4. The molecule has 1 fully saturated rings. The molecule has 9 heteroatoms. The molecule has 0 aromatic heterocycles. The molecule has 0 radical (unpaired) electrons. The van der Waals surface area contributed by atoms with Crippen LogP contribution in [-0.4, -0.2) is 41.8 Å². The highest BCUT2D eigenvalue weighted by Crippen LogP contribution is 2.48. The van der Waals surface area contributed by atoms with Gasteiger partial charge < -0.3 is 10.6 Å². The predicted molar refractivity (Wildman–Crippen MR) is 74.9 cm³/mol. The summed E-state index contributed by atoms with van der Waals surface area (Å²) in [4.78, 5) is 13.8. The maximum Gasteiger partial charge on any atom is 0.419 e. The van der Waals surface area contributed by atoms with Gasteiger partial charge in [0.15, 0.2) is 0 Å². The first-order chi connectivity index (χ1) is 11.0. The van der Waals surface area contributed by atoms with Gasteiger partial charge in [0.25, 0.3) is 5.91 Å². The molecule has 3 nitrogen and oxygen atoms in total. The number of nitrogens with zero attached hydrogens (tertiary/aromatic N) is 1. The number of nitrogens with two attached hydrogens (primary N) is 1. The van der Waals surface area contributed by atoms with Crippen LogP contribution in [0.5, 0.6) is 0 Å². The van der Waals surface area contributed by atoms with Crippen LogP contribution in [0, 0.1) is 0 Å². The molecule has 1 aliphatic heterocycles. The highest BCUT2D eigenvalue weighted by molar-refractivity contribution is 5.96. The number of rotatable bonds is 2. The number of hydrogen-bond donors (Lipinski definition) is 1. The molecule has 0 bridgehead atoms. The second-order valence-corrected chi connectivity index (χ2v) is 6.02. The molecule has 0 saturated carbocycles. The van der Waals surface area contributed by atoms with E-state index in [0.717, 1.165) is 19.3 Å². The van der Waals surface area contributed by atoms with Gasteiger partial charge in [-0.25, -0.2) is 0 Å². The van der Waals surface area contributed by atoms with Crippen LogP contribution in [-0.2, 0) is 4.79 Å². The number of alkyl halides is 6. The Kier molecular flexibility index (Phi) is 5.03. The topological polar surface area (TPSA) is 46.3 Å². The number of likely N-dealkylation sites (tertiary alicyclic amines) is 1. The number of piperidine rings is 1. The Balaban J connectivity index is 2.34. The number of carbonyl (C=O) groups is 1. The van der Waals surface area contributed by atoms with E-state index in [9.17, 15) is 31.1 Å². The molecular formula is C15H18F6N2O.